The highest BCUT2D eigenvalue weighted by Crippen LogP contribution is 2.28. The van der Waals surface area contributed by atoms with E-state index >= 15 is 0 Å². The fraction of sp³-hybridized carbons (Fsp3) is 0.333. The molecule has 0 fully saturated rings. The Hall–Kier alpha value is -2.70. The van der Waals surface area contributed by atoms with Crippen LogP contribution in [0, 0.1) is 0 Å². The van der Waals surface area contributed by atoms with Gasteiger partial charge in [0, 0.05) is 37.9 Å². The van der Waals surface area contributed by atoms with Crippen LogP contribution in [0.5, 0.6) is 0 Å². The zero-order chi connectivity index (χ0) is 14.9. The number of rotatable bonds is 3. The summed E-state index contributed by atoms with van der Waals surface area (Å²) in [5, 5.41) is 4.27. The van der Waals surface area contributed by atoms with E-state index in [0.29, 0.717) is 0 Å². The molecule has 3 aromatic heterocycles. The Kier molecular flexibility index (Phi) is 3.10. The minimum atomic E-state index is 0.155. The van der Waals surface area contributed by atoms with Gasteiger partial charge in [-0.1, -0.05) is 0 Å². The second kappa shape index (κ2) is 5.25. The van der Waals surface area contributed by atoms with E-state index in [1.807, 2.05) is 29.2 Å². The molecule has 3 aromatic rings. The molecule has 0 radical (unpaired) electrons. The third kappa shape index (κ3) is 2.14. The molecular formula is C15H17N7. The minimum absolute atomic E-state index is 0.155. The Morgan fingerprint density at radius 1 is 1.09 bits per heavy atom. The van der Waals surface area contributed by atoms with E-state index in [-0.39, 0.29) is 6.04 Å². The van der Waals surface area contributed by atoms with Crippen molar-refractivity contribution in [2.45, 2.75) is 26.1 Å². The SMILES string of the molecule is C[C@H]1c2ncc(Cn3cccn3)n2CCN1c1ncccn1. The van der Waals surface area contributed by atoms with Crippen LogP contribution in [0.1, 0.15) is 24.5 Å². The molecule has 1 aliphatic rings. The topological polar surface area (TPSA) is 64.7 Å². The van der Waals surface area contributed by atoms with Gasteiger partial charge < -0.3 is 9.47 Å². The first kappa shape index (κ1) is 13.0. The maximum atomic E-state index is 4.62. The van der Waals surface area contributed by atoms with Crippen molar-refractivity contribution >= 4 is 5.95 Å². The molecule has 0 amide bonds. The second-order valence-electron chi connectivity index (χ2n) is 5.38. The molecule has 0 bridgehead atoms. The highest BCUT2D eigenvalue weighted by atomic mass is 15.3. The van der Waals surface area contributed by atoms with Crippen LogP contribution in [0.3, 0.4) is 0 Å². The maximum absolute atomic E-state index is 4.62. The zero-order valence-electron chi connectivity index (χ0n) is 12.4. The normalized spacial score (nSPS) is 17.5. The molecule has 1 atom stereocenters. The van der Waals surface area contributed by atoms with Crippen molar-refractivity contribution < 1.29 is 0 Å². The maximum Gasteiger partial charge on any atom is 0.225 e. The van der Waals surface area contributed by atoms with Crippen LogP contribution < -0.4 is 4.90 Å². The summed E-state index contributed by atoms with van der Waals surface area (Å²) < 4.78 is 4.20. The van der Waals surface area contributed by atoms with E-state index in [1.165, 1.54) is 5.69 Å². The van der Waals surface area contributed by atoms with Crippen molar-refractivity contribution in [1.82, 2.24) is 29.3 Å². The second-order valence-corrected chi connectivity index (χ2v) is 5.38. The smallest absolute Gasteiger partial charge is 0.225 e. The van der Waals surface area contributed by atoms with E-state index in [0.717, 1.165) is 31.4 Å². The van der Waals surface area contributed by atoms with Gasteiger partial charge in [-0.05, 0) is 19.1 Å². The Bertz CT molecular complexity index is 748. The fourth-order valence-electron chi connectivity index (χ4n) is 2.96. The average molecular weight is 295 g/mol. The molecule has 0 N–H and O–H groups in total. The van der Waals surface area contributed by atoms with E-state index in [9.17, 15) is 0 Å². The van der Waals surface area contributed by atoms with Crippen molar-refractivity contribution in [3.63, 3.8) is 0 Å². The van der Waals surface area contributed by atoms with Crippen LogP contribution in [-0.2, 0) is 13.1 Å². The molecule has 0 saturated heterocycles. The molecule has 4 rings (SSSR count). The summed E-state index contributed by atoms with van der Waals surface area (Å²) in [6.45, 7) is 4.65. The Morgan fingerprint density at radius 3 is 2.73 bits per heavy atom. The molecule has 0 unspecified atom stereocenters. The van der Waals surface area contributed by atoms with Crippen LogP contribution in [0.25, 0.3) is 0 Å². The third-order valence-corrected chi connectivity index (χ3v) is 4.07. The van der Waals surface area contributed by atoms with Crippen LogP contribution in [0.4, 0.5) is 5.95 Å². The number of imidazole rings is 1. The van der Waals surface area contributed by atoms with Crippen LogP contribution in [0.15, 0.2) is 43.1 Å². The highest BCUT2D eigenvalue weighted by Gasteiger charge is 2.28. The molecule has 0 aliphatic carbocycles. The summed E-state index contributed by atoms with van der Waals surface area (Å²) in [6.07, 6.45) is 9.27. The van der Waals surface area contributed by atoms with E-state index in [1.54, 1.807) is 18.6 Å². The predicted octanol–water partition coefficient (Wildman–Crippen LogP) is 1.50. The number of fused-ring (bicyclic) bond motifs is 1. The molecule has 1 aliphatic heterocycles. The van der Waals surface area contributed by atoms with E-state index in [2.05, 4.69) is 36.4 Å². The fourth-order valence-corrected chi connectivity index (χ4v) is 2.96. The van der Waals surface area contributed by atoms with Crippen molar-refractivity contribution in [2.24, 2.45) is 0 Å². The van der Waals surface area contributed by atoms with Crippen LogP contribution in [-0.4, -0.2) is 35.8 Å². The van der Waals surface area contributed by atoms with Gasteiger partial charge in [0.15, 0.2) is 0 Å². The van der Waals surface area contributed by atoms with Gasteiger partial charge in [-0.15, -0.1) is 0 Å². The third-order valence-electron chi connectivity index (χ3n) is 4.07. The zero-order valence-corrected chi connectivity index (χ0v) is 12.4. The lowest BCUT2D eigenvalue weighted by Crippen LogP contribution is -2.38. The van der Waals surface area contributed by atoms with Gasteiger partial charge in [0.2, 0.25) is 5.95 Å². The highest BCUT2D eigenvalue weighted by molar-refractivity contribution is 5.34. The van der Waals surface area contributed by atoms with Crippen LogP contribution in [0.2, 0.25) is 0 Å². The first-order valence-corrected chi connectivity index (χ1v) is 7.38. The van der Waals surface area contributed by atoms with Gasteiger partial charge in [-0.3, -0.25) is 4.68 Å². The summed E-state index contributed by atoms with van der Waals surface area (Å²) in [7, 11) is 0. The van der Waals surface area contributed by atoms with Crippen molar-refractivity contribution in [3.05, 3.63) is 54.6 Å². The monoisotopic (exact) mass is 295 g/mol. The molecular weight excluding hydrogens is 278 g/mol. The lowest BCUT2D eigenvalue weighted by Gasteiger charge is -2.34. The van der Waals surface area contributed by atoms with Gasteiger partial charge in [-0.2, -0.15) is 5.10 Å². The van der Waals surface area contributed by atoms with Crippen molar-refractivity contribution in [2.75, 3.05) is 11.4 Å². The van der Waals surface area contributed by atoms with Crippen LogP contribution >= 0.6 is 0 Å². The lowest BCUT2D eigenvalue weighted by atomic mass is 10.2. The Labute approximate surface area is 128 Å². The lowest BCUT2D eigenvalue weighted by molar-refractivity contribution is 0.472. The quantitative estimate of drug-likeness (QED) is 0.732. The molecule has 22 heavy (non-hydrogen) atoms. The summed E-state index contributed by atoms with van der Waals surface area (Å²) >= 11 is 0. The summed E-state index contributed by atoms with van der Waals surface area (Å²) in [5.74, 6) is 1.82. The summed E-state index contributed by atoms with van der Waals surface area (Å²) in [5.41, 5.74) is 1.18. The first-order chi connectivity index (χ1) is 10.8. The Balaban J connectivity index is 1.62. The van der Waals surface area contributed by atoms with Gasteiger partial charge in [0.05, 0.1) is 24.5 Å². The first-order valence-electron chi connectivity index (χ1n) is 7.38. The summed E-state index contributed by atoms with van der Waals surface area (Å²) in [6, 6.07) is 3.92. The standard InChI is InChI=1S/C15H17N7/c1-12-14-18-10-13(11-20-7-3-6-19-20)22(14)9-8-21(12)15-16-4-2-5-17-15/h2-7,10,12H,8-9,11H2,1H3/t12-/m0/s1. The number of anilines is 1. The average Bonchev–Trinajstić information content (AvgIpc) is 3.20. The molecule has 0 aromatic carbocycles. The van der Waals surface area contributed by atoms with Gasteiger partial charge >= 0.3 is 0 Å². The summed E-state index contributed by atoms with van der Waals surface area (Å²) in [4.78, 5) is 15.5. The Morgan fingerprint density at radius 2 is 1.95 bits per heavy atom. The molecule has 112 valence electrons. The number of aromatic nitrogens is 6. The van der Waals surface area contributed by atoms with Gasteiger partial charge in [0.25, 0.3) is 0 Å². The molecule has 4 heterocycles. The number of hydrogen-bond donors (Lipinski definition) is 0. The largest absolute Gasteiger partial charge is 0.329 e. The molecule has 7 heteroatoms. The van der Waals surface area contributed by atoms with Gasteiger partial charge in [0.1, 0.15) is 5.82 Å². The minimum Gasteiger partial charge on any atom is -0.329 e. The molecule has 0 saturated carbocycles. The molecule has 7 nitrogen and oxygen atoms in total. The number of nitrogens with zero attached hydrogens (tertiary/aromatic N) is 7. The van der Waals surface area contributed by atoms with Gasteiger partial charge in [-0.25, -0.2) is 15.0 Å². The van der Waals surface area contributed by atoms with E-state index in [4.69, 9.17) is 0 Å². The van der Waals surface area contributed by atoms with Crippen molar-refractivity contribution in [3.8, 4) is 0 Å². The molecule has 0 spiro atoms. The number of hydrogen-bond acceptors (Lipinski definition) is 5. The van der Waals surface area contributed by atoms with Crippen molar-refractivity contribution in [1.29, 1.82) is 0 Å². The predicted molar refractivity (Wildman–Crippen MR) is 81.3 cm³/mol. The van der Waals surface area contributed by atoms with E-state index < -0.39 is 0 Å².